The lowest BCUT2D eigenvalue weighted by Gasteiger charge is -2.37. The van der Waals surface area contributed by atoms with Crippen LogP contribution in [0.1, 0.15) is 36.8 Å². The largest absolute Gasteiger partial charge is 0.369 e. The number of unbranched alkanes of at least 4 members (excludes halogenated alkanes) is 3. The number of piperazine rings is 1. The number of hydrogen-bond donors (Lipinski definition) is 1. The summed E-state index contributed by atoms with van der Waals surface area (Å²) >= 11 is 0. The second-order valence-electron chi connectivity index (χ2n) is 6.25. The molecule has 3 heteroatoms. The summed E-state index contributed by atoms with van der Waals surface area (Å²) in [6.07, 6.45) is 5.12. The molecule has 0 bridgehead atoms. The first-order chi connectivity index (χ1) is 10.2. The van der Waals surface area contributed by atoms with Crippen LogP contribution < -0.4 is 10.6 Å². The SMILES string of the molecule is Cc1cccc(N2CCN(CCCCCCN)CC2)c1C. The second-order valence-corrected chi connectivity index (χ2v) is 6.25. The predicted molar refractivity (Wildman–Crippen MR) is 92.1 cm³/mol. The number of hydrogen-bond acceptors (Lipinski definition) is 3. The molecule has 1 heterocycles. The van der Waals surface area contributed by atoms with E-state index in [1.54, 1.807) is 0 Å². The molecule has 0 radical (unpaired) electrons. The van der Waals surface area contributed by atoms with Crippen LogP contribution in [0.3, 0.4) is 0 Å². The number of anilines is 1. The van der Waals surface area contributed by atoms with Gasteiger partial charge in [-0.3, -0.25) is 4.90 Å². The zero-order chi connectivity index (χ0) is 15.1. The lowest BCUT2D eigenvalue weighted by Crippen LogP contribution is -2.46. The molecule has 1 aliphatic heterocycles. The normalized spacial score (nSPS) is 16.4. The van der Waals surface area contributed by atoms with Gasteiger partial charge in [-0.15, -0.1) is 0 Å². The van der Waals surface area contributed by atoms with E-state index in [0.29, 0.717) is 0 Å². The van der Waals surface area contributed by atoms with Crippen molar-refractivity contribution in [1.82, 2.24) is 4.90 Å². The summed E-state index contributed by atoms with van der Waals surface area (Å²) < 4.78 is 0. The Morgan fingerprint density at radius 3 is 2.38 bits per heavy atom. The minimum atomic E-state index is 0.842. The molecule has 0 spiro atoms. The van der Waals surface area contributed by atoms with Crippen LogP contribution in [0.4, 0.5) is 5.69 Å². The summed E-state index contributed by atoms with van der Waals surface area (Å²) in [4.78, 5) is 5.16. The smallest absolute Gasteiger partial charge is 0.0399 e. The van der Waals surface area contributed by atoms with Crippen LogP contribution in [-0.2, 0) is 0 Å². The Morgan fingerprint density at radius 1 is 0.952 bits per heavy atom. The van der Waals surface area contributed by atoms with E-state index in [4.69, 9.17) is 5.73 Å². The lowest BCUT2D eigenvalue weighted by atomic mass is 10.1. The van der Waals surface area contributed by atoms with Crippen molar-refractivity contribution < 1.29 is 0 Å². The summed E-state index contributed by atoms with van der Waals surface area (Å²) in [5.74, 6) is 0. The van der Waals surface area contributed by atoms with Gasteiger partial charge in [0.15, 0.2) is 0 Å². The Balaban J connectivity index is 1.74. The number of aryl methyl sites for hydroxylation is 1. The van der Waals surface area contributed by atoms with Crippen LogP contribution in [0.25, 0.3) is 0 Å². The van der Waals surface area contributed by atoms with E-state index in [1.165, 1.54) is 62.1 Å². The van der Waals surface area contributed by atoms with Gasteiger partial charge in [0.1, 0.15) is 0 Å². The van der Waals surface area contributed by atoms with E-state index in [1.807, 2.05) is 0 Å². The molecule has 1 aromatic carbocycles. The molecule has 1 fully saturated rings. The highest BCUT2D eigenvalue weighted by atomic mass is 15.3. The summed E-state index contributed by atoms with van der Waals surface area (Å²) in [5.41, 5.74) is 9.79. The third-order valence-electron chi connectivity index (χ3n) is 4.72. The first-order valence-corrected chi connectivity index (χ1v) is 8.46. The molecule has 3 nitrogen and oxygen atoms in total. The van der Waals surface area contributed by atoms with Crippen LogP contribution in [0.2, 0.25) is 0 Å². The van der Waals surface area contributed by atoms with Gasteiger partial charge < -0.3 is 10.6 Å². The molecular formula is C18H31N3. The third-order valence-corrected chi connectivity index (χ3v) is 4.72. The van der Waals surface area contributed by atoms with Crippen LogP contribution in [-0.4, -0.2) is 44.2 Å². The summed E-state index contributed by atoms with van der Waals surface area (Å²) in [7, 11) is 0. The van der Waals surface area contributed by atoms with Gasteiger partial charge in [-0.05, 0) is 57.0 Å². The zero-order valence-electron chi connectivity index (χ0n) is 13.8. The van der Waals surface area contributed by atoms with Crippen molar-refractivity contribution in [3.05, 3.63) is 29.3 Å². The Morgan fingerprint density at radius 2 is 1.67 bits per heavy atom. The molecule has 2 rings (SSSR count). The number of nitrogens with zero attached hydrogens (tertiary/aromatic N) is 2. The predicted octanol–water partition coefficient (Wildman–Crippen LogP) is 2.94. The molecule has 2 N–H and O–H groups in total. The van der Waals surface area contributed by atoms with Gasteiger partial charge in [0.2, 0.25) is 0 Å². The van der Waals surface area contributed by atoms with Crippen LogP contribution in [0.5, 0.6) is 0 Å². The summed E-state index contributed by atoms with van der Waals surface area (Å²) in [6, 6.07) is 6.66. The van der Waals surface area contributed by atoms with Gasteiger partial charge in [-0.2, -0.15) is 0 Å². The number of nitrogens with two attached hydrogens (primary N) is 1. The number of rotatable bonds is 7. The van der Waals surface area contributed by atoms with Crippen molar-refractivity contribution in [2.24, 2.45) is 5.73 Å². The molecule has 0 unspecified atom stereocenters. The first-order valence-electron chi connectivity index (χ1n) is 8.46. The van der Waals surface area contributed by atoms with Crippen molar-refractivity contribution in [2.45, 2.75) is 39.5 Å². The van der Waals surface area contributed by atoms with Crippen molar-refractivity contribution in [3.8, 4) is 0 Å². The Hall–Kier alpha value is -1.06. The Bertz CT molecular complexity index is 422. The Kier molecular flexibility index (Phi) is 6.52. The van der Waals surface area contributed by atoms with Crippen LogP contribution >= 0.6 is 0 Å². The summed E-state index contributed by atoms with van der Waals surface area (Å²) in [6.45, 7) is 11.3. The second kappa shape index (κ2) is 8.40. The average Bonchev–Trinajstić information content (AvgIpc) is 2.51. The third kappa shape index (κ3) is 4.72. The first kappa shape index (κ1) is 16.3. The minimum absolute atomic E-state index is 0.842. The lowest BCUT2D eigenvalue weighted by molar-refractivity contribution is 0.252. The van der Waals surface area contributed by atoms with Gasteiger partial charge in [0.05, 0.1) is 0 Å². The average molecular weight is 289 g/mol. The molecule has 1 aromatic rings. The molecule has 0 atom stereocenters. The van der Waals surface area contributed by atoms with Crippen LogP contribution in [0, 0.1) is 13.8 Å². The zero-order valence-corrected chi connectivity index (χ0v) is 13.8. The number of benzene rings is 1. The van der Waals surface area contributed by atoms with Crippen molar-refractivity contribution >= 4 is 5.69 Å². The fourth-order valence-corrected chi connectivity index (χ4v) is 3.12. The van der Waals surface area contributed by atoms with Gasteiger partial charge >= 0.3 is 0 Å². The van der Waals surface area contributed by atoms with E-state index in [9.17, 15) is 0 Å². The van der Waals surface area contributed by atoms with Gasteiger partial charge in [-0.1, -0.05) is 25.0 Å². The highest BCUT2D eigenvalue weighted by Crippen LogP contribution is 2.23. The van der Waals surface area contributed by atoms with E-state index >= 15 is 0 Å². The maximum atomic E-state index is 5.53. The molecule has 0 aliphatic carbocycles. The highest BCUT2D eigenvalue weighted by Gasteiger charge is 2.18. The van der Waals surface area contributed by atoms with Crippen molar-refractivity contribution in [3.63, 3.8) is 0 Å². The van der Waals surface area contributed by atoms with Crippen molar-refractivity contribution in [1.29, 1.82) is 0 Å². The fraction of sp³-hybridized carbons (Fsp3) is 0.667. The maximum Gasteiger partial charge on any atom is 0.0399 e. The van der Waals surface area contributed by atoms with E-state index in [-0.39, 0.29) is 0 Å². The van der Waals surface area contributed by atoms with E-state index < -0.39 is 0 Å². The van der Waals surface area contributed by atoms with E-state index in [0.717, 1.165) is 19.6 Å². The highest BCUT2D eigenvalue weighted by molar-refractivity contribution is 5.56. The molecule has 1 aliphatic rings. The molecular weight excluding hydrogens is 258 g/mol. The maximum absolute atomic E-state index is 5.53. The van der Waals surface area contributed by atoms with Gasteiger partial charge in [-0.25, -0.2) is 0 Å². The molecule has 118 valence electrons. The van der Waals surface area contributed by atoms with E-state index in [2.05, 4.69) is 41.8 Å². The van der Waals surface area contributed by atoms with Crippen LogP contribution in [0.15, 0.2) is 18.2 Å². The fourth-order valence-electron chi connectivity index (χ4n) is 3.12. The van der Waals surface area contributed by atoms with Crippen molar-refractivity contribution in [2.75, 3.05) is 44.2 Å². The molecule has 0 amide bonds. The molecule has 0 aromatic heterocycles. The minimum Gasteiger partial charge on any atom is -0.369 e. The monoisotopic (exact) mass is 289 g/mol. The van der Waals surface area contributed by atoms with Gasteiger partial charge in [0, 0.05) is 31.9 Å². The quantitative estimate of drug-likeness (QED) is 0.783. The topological polar surface area (TPSA) is 32.5 Å². The molecule has 0 saturated carbocycles. The Labute approximate surface area is 130 Å². The summed E-state index contributed by atoms with van der Waals surface area (Å²) in [5, 5.41) is 0. The molecule has 1 saturated heterocycles. The molecule has 21 heavy (non-hydrogen) atoms. The van der Waals surface area contributed by atoms with Gasteiger partial charge in [0.25, 0.3) is 0 Å². The standard InChI is InChI=1S/C18H31N3/c1-16-8-7-9-18(17(16)2)21-14-12-20(13-15-21)11-6-4-3-5-10-19/h7-9H,3-6,10-15,19H2,1-2H3.